The van der Waals surface area contributed by atoms with Gasteiger partial charge in [0.25, 0.3) is 5.22 Å². The van der Waals surface area contributed by atoms with E-state index in [1.807, 2.05) is 47.4 Å². The maximum Gasteiger partial charge on any atom is 0.277 e. The second kappa shape index (κ2) is 7.16. The van der Waals surface area contributed by atoms with Crippen LogP contribution in [0.25, 0.3) is 22.4 Å². The van der Waals surface area contributed by atoms with E-state index in [4.69, 9.17) is 4.42 Å². The van der Waals surface area contributed by atoms with Crippen LogP contribution in [0.2, 0.25) is 0 Å². The Morgan fingerprint density at radius 3 is 2.82 bits per heavy atom. The molecule has 6 nitrogen and oxygen atoms in total. The quantitative estimate of drug-likeness (QED) is 0.535. The molecule has 0 fully saturated rings. The summed E-state index contributed by atoms with van der Waals surface area (Å²) in [4.78, 5) is 18.1. The fourth-order valence-corrected chi connectivity index (χ4v) is 4.23. The molecule has 28 heavy (non-hydrogen) atoms. The zero-order valence-corrected chi connectivity index (χ0v) is 15.9. The highest BCUT2D eigenvalue weighted by molar-refractivity contribution is 7.99. The molecule has 4 aromatic rings. The molecule has 0 spiro atoms. The number of carbonyl (C=O) groups excluding carboxylic acids is 1. The van der Waals surface area contributed by atoms with Crippen LogP contribution >= 0.6 is 11.8 Å². The number of nitrogens with zero attached hydrogens (tertiary/aromatic N) is 3. The molecule has 0 aliphatic carbocycles. The first-order chi connectivity index (χ1) is 13.8. The fraction of sp³-hybridized carbons (Fsp3) is 0.190. The summed E-state index contributed by atoms with van der Waals surface area (Å²) in [7, 11) is 0. The van der Waals surface area contributed by atoms with Gasteiger partial charge in [0, 0.05) is 47.2 Å². The standard InChI is InChI=1S/C21H18N4O2S/c26-19(13-28-21-24-23-20(27-21)14-6-2-1-3-7-14)25-11-10-18-16(12-25)15-8-4-5-9-17(15)22-18/h1-9,22H,10-13H2. The fourth-order valence-electron chi connectivity index (χ4n) is 3.56. The summed E-state index contributed by atoms with van der Waals surface area (Å²) < 4.78 is 5.67. The predicted molar refractivity (Wildman–Crippen MR) is 108 cm³/mol. The average Bonchev–Trinajstić information content (AvgIpc) is 3.37. The highest BCUT2D eigenvalue weighted by Crippen LogP contribution is 2.28. The second-order valence-corrected chi connectivity index (χ2v) is 7.65. The Morgan fingerprint density at radius 1 is 1.11 bits per heavy atom. The molecule has 0 saturated carbocycles. The summed E-state index contributed by atoms with van der Waals surface area (Å²) in [6.45, 7) is 1.36. The minimum Gasteiger partial charge on any atom is -0.411 e. The third-order valence-electron chi connectivity index (χ3n) is 4.98. The highest BCUT2D eigenvalue weighted by atomic mass is 32.2. The van der Waals surface area contributed by atoms with Gasteiger partial charge in [0.1, 0.15) is 0 Å². The van der Waals surface area contributed by atoms with Crippen molar-refractivity contribution < 1.29 is 9.21 Å². The third-order valence-corrected chi connectivity index (χ3v) is 5.78. The summed E-state index contributed by atoms with van der Waals surface area (Å²) in [6.07, 6.45) is 0.846. The smallest absolute Gasteiger partial charge is 0.277 e. The van der Waals surface area contributed by atoms with E-state index < -0.39 is 0 Å². The number of benzene rings is 2. The van der Waals surface area contributed by atoms with Crippen LogP contribution in [0.5, 0.6) is 0 Å². The Bertz CT molecular complexity index is 1140. The Labute approximate surface area is 166 Å². The van der Waals surface area contributed by atoms with Gasteiger partial charge in [-0.25, -0.2) is 0 Å². The maximum absolute atomic E-state index is 12.7. The lowest BCUT2D eigenvalue weighted by atomic mass is 10.0. The van der Waals surface area contributed by atoms with Gasteiger partial charge in [0.05, 0.1) is 5.75 Å². The van der Waals surface area contributed by atoms with Crippen LogP contribution in [0.4, 0.5) is 0 Å². The number of hydrogen-bond donors (Lipinski definition) is 1. The summed E-state index contributed by atoms with van der Waals surface area (Å²) in [6, 6.07) is 17.9. The molecular weight excluding hydrogens is 372 g/mol. The van der Waals surface area contributed by atoms with Gasteiger partial charge < -0.3 is 14.3 Å². The van der Waals surface area contributed by atoms with Gasteiger partial charge in [-0.3, -0.25) is 4.79 Å². The topological polar surface area (TPSA) is 75.0 Å². The molecule has 5 rings (SSSR count). The molecule has 140 valence electrons. The normalized spacial score (nSPS) is 13.6. The van der Waals surface area contributed by atoms with Crippen LogP contribution in [0.1, 0.15) is 11.3 Å². The number of aromatic amines is 1. The van der Waals surface area contributed by atoms with Gasteiger partial charge in [0.2, 0.25) is 11.8 Å². The molecule has 0 radical (unpaired) electrons. The molecule has 1 amide bonds. The van der Waals surface area contributed by atoms with Crippen LogP contribution in [-0.4, -0.2) is 38.3 Å². The number of thioether (sulfide) groups is 1. The van der Waals surface area contributed by atoms with Crippen LogP contribution in [0.3, 0.4) is 0 Å². The van der Waals surface area contributed by atoms with E-state index in [0.717, 1.165) is 24.0 Å². The number of fused-ring (bicyclic) bond motifs is 3. The van der Waals surface area contributed by atoms with E-state index in [2.05, 4.69) is 27.3 Å². The van der Waals surface area contributed by atoms with Crippen molar-refractivity contribution in [1.82, 2.24) is 20.1 Å². The van der Waals surface area contributed by atoms with E-state index in [1.54, 1.807) is 0 Å². The van der Waals surface area contributed by atoms with Crippen LogP contribution < -0.4 is 0 Å². The molecule has 1 aliphatic heterocycles. The highest BCUT2D eigenvalue weighted by Gasteiger charge is 2.24. The van der Waals surface area contributed by atoms with Gasteiger partial charge in [-0.05, 0) is 18.2 Å². The number of rotatable bonds is 4. The minimum atomic E-state index is 0.0837. The zero-order chi connectivity index (χ0) is 18.9. The van der Waals surface area contributed by atoms with Crippen molar-refractivity contribution in [3.05, 3.63) is 65.9 Å². The first-order valence-corrected chi connectivity index (χ1v) is 10.1. The van der Waals surface area contributed by atoms with E-state index in [0.29, 0.717) is 17.7 Å². The van der Waals surface area contributed by atoms with Gasteiger partial charge in [0.15, 0.2) is 0 Å². The Hall–Kier alpha value is -3.06. The van der Waals surface area contributed by atoms with Gasteiger partial charge in [-0.15, -0.1) is 10.2 Å². The summed E-state index contributed by atoms with van der Waals surface area (Å²) in [5, 5.41) is 9.73. The zero-order valence-electron chi connectivity index (χ0n) is 15.1. The summed E-state index contributed by atoms with van der Waals surface area (Å²) in [5.41, 5.74) is 4.47. The van der Waals surface area contributed by atoms with E-state index in [1.165, 1.54) is 28.4 Å². The third kappa shape index (κ3) is 3.18. The van der Waals surface area contributed by atoms with Crippen molar-refractivity contribution in [2.45, 2.75) is 18.2 Å². The van der Waals surface area contributed by atoms with Gasteiger partial charge in [-0.2, -0.15) is 0 Å². The lowest BCUT2D eigenvalue weighted by Gasteiger charge is -2.27. The van der Waals surface area contributed by atoms with E-state index >= 15 is 0 Å². The lowest BCUT2D eigenvalue weighted by Crippen LogP contribution is -2.36. The number of aromatic nitrogens is 3. The van der Waals surface area contributed by atoms with Crippen LogP contribution in [0.15, 0.2) is 64.2 Å². The molecule has 7 heteroatoms. The monoisotopic (exact) mass is 390 g/mol. The summed E-state index contributed by atoms with van der Waals surface area (Å²) in [5.74, 6) is 0.839. The van der Waals surface area contributed by atoms with Crippen molar-refractivity contribution in [1.29, 1.82) is 0 Å². The van der Waals surface area contributed by atoms with Crippen molar-refractivity contribution in [2.75, 3.05) is 12.3 Å². The number of amides is 1. The molecule has 1 aliphatic rings. The largest absolute Gasteiger partial charge is 0.411 e. The van der Waals surface area contributed by atoms with Gasteiger partial charge >= 0.3 is 0 Å². The van der Waals surface area contributed by atoms with Gasteiger partial charge in [-0.1, -0.05) is 48.2 Å². The van der Waals surface area contributed by atoms with Crippen LogP contribution in [0, 0.1) is 0 Å². The van der Waals surface area contributed by atoms with E-state index in [9.17, 15) is 4.79 Å². The number of hydrogen-bond acceptors (Lipinski definition) is 5. The molecule has 3 heterocycles. The van der Waals surface area contributed by atoms with Crippen molar-refractivity contribution >= 4 is 28.6 Å². The number of H-pyrrole nitrogens is 1. The SMILES string of the molecule is O=C(CSc1nnc(-c2ccccc2)o1)N1CCc2[nH]c3ccccc3c2C1. The number of nitrogens with one attached hydrogen (secondary N) is 1. The molecule has 2 aromatic carbocycles. The lowest BCUT2D eigenvalue weighted by molar-refractivity contribution is -0.129. The Balaban J connectivity index is 1.25. The molecular formula is C21H18N4O2S. The second-order valence-electron chi connectivity index (χ2n) is 6.72. The number of carbonyl (C=O) groups is 1. The first kappa shape index (κ1) is 17.1. The maximum atomic E-state index is 12.7. The molecule has 1 N–H and O–H groups in total. The van der Waals surface area contributed by atoms with E-state index in [-0.39, 0.29) is 11.7 Å². The first-order valence-electron chi connectivity index (χ1n) is 9.16. The molecule has 0 unspecified atom stereocenters. The number of para-hydroxylation sites is 1. The Morgan fingerprint density at radius 2 is 1.93 bits per heavy atom. The molecule has 0 saturated heterocycles. The van der Waals surface area contributed by atoms with Crippen LogP contribution in [-0.2, 0) is 17.8 Å². The summed E-state index contributed by atoms with van der Waals surface area (Å²) >= 11 is 1.29. The van der Waals surface area contributed by atoms with Crippen molar-refractivity contribution in [2.24, 2.45) is 0 Å². The Kier molecular flexibility index (Phi) is 4.37. The predicted octanol–water partition coefficient (Wildman–Crippen LogP) is 3.89. The minimum absolute atomic E-state index is 0.0837. The molecule has 2 aromatic heterocycles. The molecule has 0 atom stereocenters. The molecule has 0 bridgehead atoms. The van der Waals surface area contributed by atoms with Crippen molar-refractivity contribution in [3.8, 4) is 11.5 Å². The van der Waals surface area contributed by atoms with Crippen molar-refractivity contribution in [3.63, 3.8) is 0 Å². The average molecular weight is 390 g/mol.